The van der Waals surface area contributed by atoms with Crippen molar-refractivity contribution in [3.8, 4) is 0 Å². The number of imidazole rings is 1. The number of benzene rings is 1. The van der Waals surface area contributed by atoms with Crippen LogP contribution in [-0.4, -0.2) is 31.8 Å². The summed E-state index contributed by atoms with van der Waals surface area (Å²) in [6.07, 6.45) is 6.49. The van der Waals surface area contributed by atoms with E-state index in [-0.39, 0.29) is 12.5 Å². The van der Waals surface area contributed by atoms with Crippen molar-refractivity contribution in [2.75, 3.05) is 6.54 Å². The molecule has 0 atom stereocenters. The third-order valence-corrected chi connectivity index (χ3v) is 4.01. The molecular weight excluding hydrogens is 302 g/mol. The number of aromatic nitrogens is 4. The highest BCUT2D eigenvalue weighted by Gasteiger charge is 2.08. The van der Waals surface area contributed by atoms with Crippen LogP contribution in [0.25, 0.3) is 10.9 Å². The number of rotatable bonds is 7. The second kappa shape index (κ2) is 7.29. The Balaban J connectivity index is 1.47. The normalized spacial score (nSPS) is 11.3. The molecular formula is C18H23N5O. The Bertz CT molecular complexity index is 818. The van der Waals surface area contributed by atoms with Crippen molar-refractivity contribution in [1.82, 2.24) is 24.6 Å². The lowest BCUT2D eigenvalue weighted by Gasteiger charge is -2.11. The van der Waals surface area contributed by atoms with E-state index in [2.05, 4.69) is 33.8 Å². The monoisotopic (exact) mass is 325 g/mol. The molecule has 0 bridgehead atoms. The third-order valence-electron chi connectivity index (χ3n) is 4.01. The fourth-order valence-corrected chi connectivity index (χ4v) is 2.83. The minimum absolute atomic E-state index is 0.0152. The largest absolute Gasteiger partial charge is 0.354 e. The summed E-state index contributed by atoms with van der Waals surface area (Å²) in [5, 5.41) is 8.29. The van der Waals surface area contributed by atoms with Gasteiger partial charge in [-0.05, 0) is 12.5 Å². The Kier molecular flexibility index (Phi) is 4.93. The fraction of sp³-hybridized carbons (Fsp3) is 0.389. The number of para-hydroxylation sites is 1. The maximum atomic E-state index is 12.1. The standard InChI is InChI=1S/C18H23N5O/c1-14(2)18-20-9-11-22(18)10-5-8-19-17(24)13-23-16-7-4-3-6-15(16)12-21-23/h3-4,6-7,9,11-12,14H,5,8,10,13H2,1-2H3,(H,19,24). The Morgan fingerprint density at radius 3 is 2.96 bits per heavy atom. The highest BCUT2D eigenvalue weighted by Crippen LogP contribution is 2.13. The van der Waals surface area contributed by atoms with Crippen LogP contribution in [0.15, 0.2) is 42.9 Å². The van der Waals surface area contributed by atoms with Crippen molar-refractivity contribution >= 4 is 16.8 Å². The zero-order chi connectivity index (χ0) is 16.9. The first-order valence-corrected chi connectivity index (χ1v) is 8.33. The average molecular weight is 325 g/mol. The molecule has 3 aromatic rings. The van der Waals surface area contributed by atoms with Gasteiger partial charge in [0.15, 0.2) is 0 Å². The van der Waals surface area contributed by atoms with E-state index in [0.717, 1.165) is 29.7 Å². The number of fused-ring (bicyclic) bond motifs is 1. The number of hydrogen-bond acceptors (Lipinski definition) is 3. The average Bonchev–Trinajstić information content (AvgIpc) is 3.19. The number of hydrogen-bond donors (Lipinski definition) is 1. The van der Waals surface area contributed by atoms with Crippen LogP contribution in [0.5, 0.6) is 0 Å². The summed E-state index contributed by atoms with van der Waals surface area (Å²) in [5.74, 6) is 1.48. The molecule has 6 nitrogen and oxygen atoms in total. The molecule has 0 spiro atoms. The predicted molar refractivity (Wildman–Crippen MR) is 93.7 cm³/mol. The van der Waals surface area contributed by atoms with Gasteiger partial charge in [0.1, 0.15) is 12.4 Å². The van der Waals surface area contributed by atoms with Crippen LogP contribution in [0.4, 0.5) is 0 Å². The van der Waals surface area contributed by atoms with Gasteiger partial charge in [-0.1, -0.05) is 32.0 Å². The number of amides is 1. The quantitative estimate of drug-likeness (QED) is 0.679. The minimum Gasteiger partial charge on any atom is -0.354 e. The van der Waals surface area contributed by atoms with Crippen LogP contribution in [0.2, 0.25) is 0 Å². The topological polar surface area (TPSA) is 64.7 Å². The van der Waals surface area contributed by atoms with Gasteiger partial charge in [-0.15, -0.1) is 0 Å². The van der Waals surface area contributed by atoms with Crippen molar-refractivity contribution in [2.24, 2.45) is 0 Å². The van der Waals surface area contributed by atoms with E-state index in [4.69, 9.17) is 0 Å². The molecule has 0 aliphatic rings. The number of carbonyl (C=O) groups is 1. The van der Waals surface area contributed by atoms with Gasteiger partial charge < -0.3 is 9.88 Å². The van der Waals surface area contributed by atoms with Crippen molar-refractivity contribution in [1.29, 1.82) is 0 Å². The molecule has 0 fully saturated rings. The maximum absolute atomic E-state index is 12.1. The molecule has 0 aliphatic heterocycles. The van der Waals surface area contributed by atoms with E-state index < -0.39 is 0 Å². The summed E-state index contributed by atoms with van der Waals surface area (Å²) in [7, 11) is 0. The van der Waals surface area contributed by atoms with E-state index in [9.17, 15) is 4.79 Å². The van der Waals surface area contributed by atoms with Gasteiger partial charge in [-0.2, -0.15) is 5.10 Å². The van der Waals surface area contributed by atoms with Gasteiger partial charge >= 0.3 is 0 Å². The summed E-state index contributed by atoms with van der Waals surface area (Å²) in [6.45, 7) is 6.02. The first kappa shape index (κ1) is 16.2. The Morgan fingerprint density at radius 1 is 1.29 bits per heavy atom. The summed E-state index contributed by atoms with van der Waals surface area (Å²) in [5.41, 5.74) is 0.979. The zero-order valence-corrected chi connectivity index (χ0v) is 14.1. The molecule has 0 saturated heterocycles. The second-order valence-corrected chi connectivity index (χ2v) is 6.20. The molecule has 0 unspecified atom stereocenters. The lowest BCUT2D eigenvalue weighted by molar-refractivity contribution is -0.121. The predicted octanol–water partition coefficient (Wildman–Crippen LogP) is 2.56. The van der Waals surface area contributed by atoms with E-state index in [0.29, 0.717) is 12.5 Å². The summed E-state index contributed by atoms with van der Waals surface area (Å²) < 4.78 is 3.88. The molecule has 24 heavy (non-hydrogen) atoms. The Labute approximate surface area is 141 Å². The van der Waals surface area contributed by atoms with Crippen LogP contribution in [-0.2, 0) is 17.9 Å². The number of nitrogens with zero attached hydrogens (tertiary/aromatic N) is 4. The first-order chi connectivity index (χ1) is 11.6. The second-order valence-electron chi connectivity index (χ2n) is 6.20. The first-order valence-electron chi connectivity index (χ1n) is 8.33. The van der Waals surface area contributed by atoms with Crippen LogP contribution < -0.4 is 5.32 Å². The summed E-state index contributed by atoms with van der Waals surface area (Å²) >= 11 is 0. The smallest absolute Gasteiger partial charge is 0.241 e. The summed E-state index contributed by atoms with van der Waals surface area (Å²) in [6, 6.07) is 7.89. The van der Waals surface area contributed by atoms with Gasteiger partial charge in [-0.25, -0.2) is 4.98 Å². The third kappa shape index (κ3) is 3.64. The minimum atomic E-state index is -0.0152. The van der Waals surface area contributed by atoms with Gasteiger partial charge in [0.25, 0.3) is 0 Å². The molecule has 6 heteroatoms. The van der Waals surface area contributed by atoms with Gasteiger partial charge in [0.2, 0.25) is 5.91 Å². The van der Waals surface area contributed by atoms with Crippen LogP contribution in [0.3, 0.4) is 0 Å². The number of carbonyl (C=O) groups excluding carboxylic acids is 1. The molecule has 3 rings (SSSR count). The van der Waals surface area contributed by atoms with E-state index >= 15 is 0 Å². The van der Waals surface area contributed by atoms with Crippen molar-refractivity contribution < 1.29 is 4.79 Å². The SMILES string of the molecule is CC(C)c1nccn1CCCNC(=O)Cn1ncc2ccccc21. The van der Waals surface area contributed by atoms with Gasteiger partial charge in [-0.3, -0.25) is 9.48 Å². The Morgan fingerprint density at radius 2 is 2.12 bits per heavy atom. The van der Waals surface area contributed by atoms with Crippen LogP contribution >= 0.6 is 0 Å². The van der Waals surface area contributed by atoms with E-state index in [1.807, 2.05) is 36.7 Å². The van der Waals surface area contributed by atoms with Crippen LogP contribution in [0, 0.1) is 0 Å². The number of aryl methyl sites for hydroxylation is 1. The highest BCUT2D eigenvalue weighted by molar-refractivity contribution is 5.81. The molecule has 2 aromatic heterocycles. The summed E-state index contributed by atoms with van der Waals surface area (Å²) in [4.78, 5) is 16.5. The molecule has 2 heterocycles. The Hall–Kier alpha value is -2.63. The number of nitrogens with one attached hydrogen (secondary N) is 1. The van der Waals surface area contributed by atoms with Crippen molar-refractivity contribution in [3.63, 3.8) is 0 Å². The fourth-order valence-electron chi connectivity index (χ4n) is 2.83. The van der Waals surface area contributed by atoms with Gasteiger partial charge in [0.05, 0.1) is 11.7 Å². The lowest BCUT2D eigenvalue weighted by Crippen LogP contribution is -2.29. The lowest BCUT2D eigenvalue weighted by atomic mass is 10.2. The maximum Gasteiger partial charge on any atom is 0.241 e. The van der Waals surface area contributed by atoms with Crippen molar-refractivity contribution in [2.45, 2.75) is 39.3 Å². The molecule has 126 valence electrons. The molecule has 0 saturated carbocycles. The highest BCUT2D eigenvalue weighted by atomic mass is 16.2. The molecule has 0 radical (unpaired) electrons. The van der Waals surface area contributed by atoms with Gasteiger partial charge in [0, 0.05) is 36.8 Å². The van der Waals surface area contributed by atoms with Crippen LogP contribution in [0.1, 0.15) is 32.0 Å². The van der Waals surface area contributed by atoms with E-state index in [1.54, 1.807) is 10.9 Å². The zero-order valence-electron chi connectivity index (χ0n) is 14.1. The molecule has 1 amide bonds. The molecule has 0 aliphatic carbocycles. The molecule has 1 aromatic carbocycles. The van der Waals surface area contributed by atoms with Crippen molar-refractivity contribution in [3.05, 3.63) is 48.7 Å². The molecule has 1 N–H and O–H groups in total. The van der Waals surface area contributed by atoms with E-state index in [1.165, 1.54) is 0 Å².